The Morgan fingerprint density at radius 3 is 2.63 bits per heavy atom. The Hall–Kier alpha value is -3.02. The summed E-state index contributed by atoms with van der Waals surface area (Å²) in [5.74, 6) is 1.85. The molecule has 0 bridgehead atoms. The minimum absolute atomic E-state index is 0.0873. The number of rotatable bonds is 7. The first-order valence-electron chi connectivity index (χ1n) is 10.7. The maximum absolute atomic E-state index is 13.0. The zero-order valence-corrected chi connectivity index (χ0v) is 17.1. The van der Waals surface area contributed by atoms with Crippen molar-refractivity contribution < 1.29 is 9.18 Å². The molecule has 30 heavy (non-hydrogen) atoms. The molecular formula is C24H27FN4O. The smallest absolute Gasteiger partial charge is 0.220 e. The molecule has 1 atom stereocenters. The van der Waals surface area contributed by atoms with E-state index in [2.05, 4.69) is 32.2 Å². The summed E-state index contributed by atoms with van der Waals surface area (Å²) < 4.78 is 15.2. The summed E-state index contributed by atoms with van der Waals surface area (Å²) in [4.78, 5) is 12.4. The molecule has 3 aromatic rings. The quantitative estimate of drug-likeness (QED) is 0.648. The van der Waals surface area contributed by atoms with Gasteiger partial charge in [0.2, 0.25) is 5.91 Å². The van der Waals surface area contributed by atoms with Gasteiger partial charge in [-0.1, -0.05) is 42.5 Å². The van der Waals surface area contributed by atoms with Crippen LogP contribution in [0.1, 0.15) is 48.5 Å². The van der Waals surface area contributed by atoms with Crippen LogP contribution in [0.15, 0.2) is 54.6 Å². The second-order valence-electron chi connectivity index (χ2n) is 7.92. The van der Waals surface area contributed by atoms with Crippen molar-refractivity contribution in [2.24, 2.45) is 0 Å². The van der Waals surface area contributed by atoms with E-state index in [1.165, 1.54) is 17.7 Å². The average Bonchev–Trinajstić information content (AvgIpc) is 3.01. The summed E-state index contributed by atoms with van der Waals surface area (Å²) in [7, 11) is 0. The van der Waals surface area contributed by atoms with E-state index in [9.17, 15) is 9.18 Å². The Morgan fingerprint density at radius 2 is 1.83 bits per heavy atom. The molecule has 0 saturated carbocycles. The normalized spacial score (nSPS) is 16.0. The third kappa shape index (κ3) is 5.32. The molecule has 2 heterocycles. The van der Waals surface area contributed by atoms with E-state index in [-0.39, 0.29) is 17.8 Å². The number of hydrogen-bond donors (Lipinski definition) is 1. The summed E-state index contributed by atoms with van der Waals surface area (Å²) in [6.07, 6.45) is 5.39. The second-order valence-corrected chi connectivity index (χ2v) is 7.92. The van der Waals surface area contributed by atoms with Crippen LogP contribution in [0.3, 0.4) is 0 Å². The van der Waals surface area contributed by atoms with Gasteiger partial charge < -0.3 is 9.88 Å². The molecule has 0 spiro atoms. The van der Waals surface area contributed by atoms with Crippen LogP contribution in [0.2, 0.25) is 0 Å². The molecule has 156 valence electrons. The van der Waals surface area contributed by atoms with Crippen molar-refractivity contribution in [3.8, 4) is 0 Å². The lowest BCUT2D eigenvalue weighted by molar-refractivity contribution is -0.122. The first kappa shape index (κ1) is 20.3. The number of halogens is 1. The van der Waals surface area contributed by atoms with Crippen LogP contribution in [-0.2, 0) is 30.6 Å². The zero-order valence-electron chi connectivity index (χ0n) is 17.1. The third-order valence-electron chi connectivity index (χ3n) is 5.67. The maximum Gasteiger partial charge on any atom is 0.220 e. The molecule has 1 amide bonds. The van der Waals surface area contributed by atoms with E-state index in [4.69, 9.17) is 0 Å². The van der Waals surface area contributed by atoms with Gasteiger partial charge in [0, 0.05) is 31.8 Å². The Balaban J connectivity index is 1.25. The average molecular weight is 407 g/mol. The summed E-state index contributed by atoms with van der Waals surface area (Å²) in [6, 6.07) is 16.9. The molecule has 6 heteroatoms. The van der Waals surface area contributed by atoms with Crippen molar-refractivity contribution in [2.45, 2.75) is 57.5 Å². The first-order chi connectivity index (χ1) is 14.7. The summed E-state index contributed by atoms with van der Waals surface area (Å²) >= 11 is 0. The molecule has 0 fully saturated rings. The standard InChI is InChI=1S/C24H27FN4O/c25-20-11-9-18(10-12-20)7-4-8-24(30)26-21-13-14-22-27-28-23(29(22)16-15-21)17-19-5-2-1-3-6-19/h1-3,5-6,9-12,21H,4,7-8,13-17H2,(H,26,30). The molecule has 1 aliphatic rings. The highest BCUT2D eigenvalue weighted by Gasteiger charge is 2.21. The summed E-state index contributed by atoms with van der Waals surface area (Å²) in [5, 5.41) is 12.0. The van der Waals surface area contributed by atoms with E-state index in [0.717, 1.165) is 62.3 Å². The number of nitrogens with zero attached hydrogens (tertiary/aromatic N) is 3. The number of carbonyl (C=O) groups excluding carboxylic acids is 1. The predicted molar refractivity (Wildman–Crippen MR) is 113 cm³/mol. The highest BCUT2D eigenvalue weighted by Crippen LogP contribution is 2.18. The molecular weight excluding hydrogens is 379 g/mol. The molecule has 0 radical (unpaired) electrons. The van der Waals surface area contributed by atoms with E-state index in [0.29, 0.717) is 6.42 Å². The van der Waals surface area contributed by atoms with E-state index >= 15 is 0 Å². The number of aromatic nitrogens is 3. The highest BCUT2D eigenvalue weighted by atomic mass is 19.1. The third-order valence-corrected chi connectivity index (χ3v) is 5.67. The largest absolute Gasteiger partial charge is 0.353 e. The number of hydrogen-bond acceptors (Lipinski definition) is 3. The first-order valence-corrected chi connectivity index (χ1v) is 10.7. The van der Waals surface area contributed by atoms with Crippen molar-refractivity contribution in [3.63, 3.8) is 0 Å². The van der Waals surface area contributed by atoms with Crippen molar-refractivity contribution in [3.05, 3.63) is 83.2 Å². The molecule has 1 aliphatic heterocycles. The molecule has 1 aromatic heterocycles. The Labute approximate surface area is 176 Å². The van der Waals surface area contributed by atoms with Gasteiger partial charge in [-0.3, -0.25) is 4.79 Å². The molecule has 4 rings (SSSR count). The van der Waals surface area contributed by atoms with Gasteiger partial charge >= 0.3 is 0 Å². The number of fused-ring (bicyclic) bond motifs is 1. The number of nitrogens with one attached hydrogen (secondary N) is 1. The van der Waals surface area contributed by atoms with Crippen LogP contribution in [-0.4, -0.2) is 26.7 Å². The predicted octanol–water partition coefficient (Wildman–Crippen LogP) is 3.85. The number of amides is 1. The van der Waals surface area contributed by atoms with Gasteiger partial charge in [0.05, 0.1) is 0 Å². The van der Waals surface area contributed by atoms with E-state index in [1.807, 2.05) is 18.2 Å². The molecule has 1 unspecified atom stereocenters. The van der Waals surface area contributed by atoms with E-state index in [1.54, 1.807) is 12.1 Å². The fourth-order valence-corrected chi connectivity index (χ4v) is 4.01. The fourth-order valence-electron chi connectivity index (χ4n) is 4.01. The van der Waals surface area contributed by atoms with E-state index < -0.39 is 0 Å². The van der Waals surface area contributed by atoms with Gasteiger partial charge in [-0.2, -0.15) is 0 Å². The van der Waals surface area contributed by atoms with Crippen molar-refractivity contribution in [1.82, 2.24) is 20.1 Å². The molecule has 2 aromatic carbocycles. The molecule has 0 aliphatic carbocycles. The van der Waals surface area contributed by atoms with Gasteiger partial charge in [0.15, 0.2) is 0 Å². The van der Waals surface area contributed by atoms with Crippen LogP contribution < -0.4 is 5.32 Å². The Kier molecular flexibility index (Phi) is 6.52. The topological polar surface area (TPSA) is 59.8 Å². The van der Waals surface area contributed by atoms with Crippen molar-refractivity contribution in [2.75, 3.05) is 0 Å². The van der Waals surface area contributed by atoms with Gasteiger partial charge in [-0.25, -0.2) is 4.39 Å². The van der Waals surface area contributed by atoms with Crippen LogP contribution in [0.25, 0.3) is 0 Å². The lowest BCUT2D eigenvalue weighted by Gasteiger charge is -2.16. The maximum atomic E-state index is 13.0. The van der Waals surface area contributed by atoms with Crippen LogP contribution in [0, 0.1) is 5.82 Å². The van der Waals surface area contributed by atoms with Crippen molar-refractivity contribution >= 4 is 5.91 Å². The number of aryl methyl sites for hydroxylation is 2. The van der Waals surface area contributed by atoms with Crippen LogP contribution >= 0.6 is 0 Å². The Morgan fingerprint density at radius 1 is 1.03 bits per heavy atom. The van der Waals surface area contributed by atoms with Gasteiger partial charge in [0.25, 0.3) is 0 Å². The van der Waals surface area contributed by atoms with Crippen LogP contribution in [0.4, 0.5) is 4.39 Å². The minimum atomic E-state index is -0.230. The zero-order chi connectivity index (χ0) is 20.8. The van der Waals surface area contributed by atoms with Gasteiger partial charge in [-0.15, -0.1) is 10.2 Å². The summed E-state index contributed by atoms with van der Waals surface area (Å²) in [6.45, 7) is 0.824. The lowest BCUT2D eigenvalue weighted by atomic mass is 10.1. The SMILES string of the molecule is O=C(CCCc1ccc(F)cc1)NC1CCc2nnc(Cc3ccccc3)n2CC1. The highest BCUT2D eigenvalue weighted by molar-refractivity contribution is 5.76. The molecule has 5 nitrogen and oxygen atoms in total. The number of benzene rings is 2. The van der Waals surface area contributed by atoms with Gasteiger partial charge in [0.1, 0.15) is 17.5 Å². The number of carbonyl (C=O) groups is 1. The molecule has 0 saturated heterocycles. The van der Waals surface area contributed by atoms with Crippen LogP contribution in [0.5, 0.6) is 0 Å². The Bertz CT molecular complexity index is 969. The monoisotopic (exact) mass is 406 g/mol. The minimum Gasteiger partial charge on any atom is -0.353 e. The van der Waals surface area contributed by atoms with Gasteiger partial charge in [-0.05, 0) is 48.9 Å². The molecule has 1 N–H and O–H groups in total. The fraction of sp³-hybridized carbons (Fsp3) is 0.375. The lowest BCUT2D eigenvalue weighted by Crippen LogP contribution is -2.35. The van der Waals surface area contributed by atoms with Crippen molar-refractivity contribution in [1.29, 1.82) is 0 Å². The summed E-state index contributed by atoms with van der Waals surface area (Å²) in [5.41, 5.74) is 2.28. The second kappa shape index (κ2) is 9.65.